The molecule has 0 aliphatic carbocycles. The van der Waals surface area contributed by atoms with Crippen molar-refractivity contribution in [1.29, 1.82) is 0 Å². The molecule has 8 amide bonds. The fourth-order valence-electron chi connectivity index (χ4n) is 7.06. The SMILES string of the molecule is C[C@H](NC(=O)[C@@H](NC(=O)[C@@H](N)CCCCN)[C@@H](O)CN)C(=O)NCC(=O)N[C@H](CCCN)C(=O)N1CCC[C@H]1C(=O)N[C@@H](CCS(C)=O)C(=O)N[C@@H](CCCCN)C(=O)N/C(=C\CCN=C(N)N)C(=O)O. The number of hydrogen-bond acceptors (Lipinski definition) is 17. The van der Waals surface area contributed by atoms with E-state index in [1.165, 1.54) is 24.2 Å². The summed E-state index contributed by atoms with van der Waals surface area (Å²) in [7, 11) is -1.43. The lowest BCUT2D eigenvalue weighted by Crippen LogP contribution is -2.60. The minimum absolute atomic E-state index is 0.0322. The number of aliphatic carboxylic acids is 1. The van der Waals surface area contributed by atoms with Crippen LogP contribution in [0.25, 0.3) is 0 Å². The van der Waals surface area contributed by atoms with E-state index in [0.717, 1.165) is 0 Å². The van der Waals surface area contributed by atoms with Gasteiger partial charge in [-0.3, -0.25) is 47.6 Å². The average Bonchev–Trinajstić information content (AvgIpc) is 3.82. The summed E-state index contributed by atoms with van der Waals surface area (Å²) < 4.78 is 12.2. The molecule has 0 spiro atoms. The second-order valence-corrected chi connectivity index (χ2v) is 18.4. The fourth-order valence-corrected chi connectivity index (χ4v) is 7.63. The first-order valence-electron chi connectivity index (χ1n) is 23.5. The number of unbranched alkanes of at least 4 members (excludes halogenated alkanes) is 2. The highest BCUT2D eigenvalue weighted by Gasteiger charge is 2.39. The summed E-state index contributed by atoms with van der Waals surface area (Å²) in [5, 5.41) is 37.2. The van der Waals surface area contributed by atoms with Crippen LogP contribution in [-0.2, 0) is 54.0 Å². The molecule has 1 heterocycles. The highest BCUT2D eigenvalue weighted by Crippen LogP contribution is 2.20. The number of nitrogens with zero attached hydrogens (tertiary/aromatic N) is 2. The van der Waals surface area contributed by atoms with Crippen molar-refractivity contribution < 1.29 is 57.6 Å². The molecule has 29 heteroatoms. The van der Waals surface area contributed by atoms with Crippen LogP contribution in [0.5, 0.6) is 0 Å². The highest BCUT2D eigenvalue weighted by molar-refractivity contribution is 7.84. The maximum atomic E-state index is 14.1. The van der Waals surface area contributed by atoms with E-state index >= 15 is 0 Å². The summed E-state index contributed by atoms with van der Waals surface area (Å²) in [5.41, 5.74) is 38.4. The topological polar surface area (TPSA) is 493 Å². The number of aliphatic hydroxyl groups is 1. The molecule has 0 aromatic rings. The Morgan fingerprint density at radius 1 is 0.761 bits per heavy atom. The van der Waals surface area contributed by atoms with Crippen LogP contribution in [0.3, 0.4) is 0 Å². The van der Waals surface area contributed by atoms with Gasteiger partial charge in [0.2, 0.25) is 47.3 Å². The molecule has 0 aromatic heterocycles. The van der Waals surface area contributed by atoms with Crippen molar-refractivity contribution in [2.24, 2.45) is 45.1 Å². The quantitative estimate of drug-likeness (QED) is 0.0121. The van der Waals surface area contributed by atoms with Gasteiger partial charge in [-0.05, 0) is 97.2 Å². The van der Waals surface area contributed by atoms with Crippen LogP contribution in [0.4, 0.5) is 0 Å². The molecule has 1 aliphatic rings. The second kappa shape index (κ2) is 34.5. The lowest BCUT2D eigenvalue weighted by Gasteiger charge is -2.30. The van der Waals surface area contributed by atoms with Gasteiger partial charge in [-0.15, -0.1) is 0 Å². The van der Waals surface area contributed by atoms with Gasteiger partial charge in [-0.1, -0.05) is 12.5 Å². The van der Waals surface area contributed by atoms with E-state index in [9.17, 15) is 57.6 Å². The van der Waals surface area contributed by atoms with E-state index in [-0.39, 0.29) is 82.8 Å². The van der Waals surface area contributed by atoms with Gasteiger partial charge in [0.15, 0.2) is 5.96 Å². The summed E-state index contributed by atoms with van der Waals surface area (Å²) >= 11 is 0. The Morgan fingerprint density at radius 3 is 1.97 bits per heavy atom. The number of carbonyl (C=O) groups excluding carboxylic acids is 8. The van der Waals surface area contributed by atoms with Crippen LogP contribution < -0.4 is 77.4 Å². The zero-order chi connectivity index (χ0) is 53.6. The smallest absolute Gasteiger partial charge is 0.352 e. The number of aliphatic imine (C=N–C) groups is 1. The molecule has 9 atom stereocenters. The molecule has 28 nitrogen and oxygen atoms in total. The third kappa shape index (κ3) is 24.2. The van der Waals surface area contributed by atoms with E-state index in [1.54, 1.807) is 0 Å². The van der Waals surface area contributed by atoms with Crippen molar-refractivity contribution in [3.8, 4) is 0 Å². The van der Waals surface area contributed by atoms with E-state index in [0.29, 0.717) is 38.6 Å². The third-order valence-corrected chi connectivity index (χ3v) is 11.8. The van der Waals surface area contributed by atoms with Gasteiger partial charge in [0, 0.05) is 42.4 Å². The van der Waals surface area contributed by atoms with Crippen LogP contribution >= 0.6 is 0 Å². The van der Waals surface area contributed by atoms with Gasteiger partial charge in [-0.2, -0.15) is 0 Å². The number of amides is 8. The van der Waals surface area contributed by atoms with Crippen LogP contribution in [0.1, 0.15) is 84.0 Å². The Kier molecular flexibility index (Phi) is 30.7. The first-order valence-corrected chi connectivity index (χ1v) is 25.3. The molecular weight excluding hydrogens is 953 g/mol. The molecule has 1 aliphatic heterocycles. The minimum atomic E-state index is -1.57. The van der Waals surface area contributed by atoms with Crippen molar-refractivity contribution in [3.05, 3.63) is 11.8 Å². The van der Waals surface area contributed by atoms with Crippen LogP contribution in [0.15, 0.2) is 16.8 Å². The average molecular weight is 1030 g/mol. The van der Waals surface area contributed by atoms with Gasteiger partial charge in [0.25, 0.3) is 0 Å². The van der Waals surface area contributed by atoms with E-state index in [4.69, 9.17) is 40.1 Å². The number of carbonyl (C=O) groups is 9. The predicted molar refractivity (Wildman–Crippen MR) is 263 cm³/mol. The van der Waals surface area contributed by atoms with Crippen molar-refractivity contribution in [3.63, 3.8) is 0 Å². The lowest BCUT2D eigenvalue weighted by atomic mass is 10.1. The number of rotatable bonds is 35. The Morgan fingerprint density at radius 2 is 1.38 bits per heavy atom. The maximum absolute atomic E-state index is 14.1. The van der Waals surface area contributed by atoms with E-state index < -0.39 is 131 Å². The Labute approximate surface area is 415 Å². The number of carboxylic acid groups (broad SMARTS) is 1. The molecule has 1 rings (SSSR count). The first kappa shape index (κ1) is 63.2. The fraction of sp³-hybridized carbons (Fsp3) is 0.714. The molecule has 1 unspecified atom stereocenters. The predicted octanol–water partition coefficient (Wildman–Crippen LogP) is -7.30. The number of nitrogens with two attached hydrogens (primary N) is 7. The highest BCUT2D eigenvalue weighted by atomic mass is 32.2. The third-order valence-electron chi connectivity index (χ3n) is 11.0. The van der Waals surface area contributed by atoms with E-state index in [2.05, 4.69) is 42.2 Å². The van der Waals surface area contributed by atoms with Gasteiger partial charge >= 0.3 is 5.97 Å². The maximum Gasteiger partial charge on any atom is 0.352 e. The molecule has 0 saturated carbocycles. The molecular formula is C42H78N16O12S. The minimum Gasteiger partial charge on any atom is -0.477 e. The first-order chi connectivity index (χ1) is 33.6. The molecule has 1 fully saturated rings. The van der Waals surface area contributed by atoms with Gasteiger partial charge in [0.05, 0.1) is 18.7 Å². The molecule has 0 radical (unpaired) electrons. The summed E-state index contributed by atoms with van der Waals surface area (Å²) in [4.78, 5) is 124. The molecule has 0 bridgehead atoms. The lowest BCUT2D eigenvalue weighted by molar-refractivity contribution is -0.142. The molecule has 23 N–H and O–H groups in total. The number of guanidine groups is 1. The Balaban J connectivity index is 3.15. The molecule has 0 aromatic carbocycles. The number of likely N-dealkylation sites (tertiary alicyclic amines) is 1. The Bertz CT molecular complexity index is 1870. The zero-order valence-corrected chi connectivity index (χ0v) is 41.5. The molecule has 1 saturated heterocycles. The Hall–Kier alpha value is -5.85. The van der Waals surface area contributed by atoms with Crippen molar-refractivity contribution in [2.45, 2.75) is 132 Å². The van der Waals surface area contributed by atoms with Crippen LogP contribution in [-0.4, -0.2) is 185 Å². The van der Waals surface area contributed by atoms with Gasteiger partial charge in [0.1, 0.15) is 41.9 Å². The zero-order valence-electron chi connectivity index (χ0n) is 40.7. The van der Waals surface area contributed by atoms with E-state index in [1.807, 2.05) is 0 Å². The molecule has 71 heavy (non-hydrogen) atoms. The van der Waals surface area contributed by atoms with Crippen LogP contribution in [0.2, 0.25) is 0 Å². The number of nitrogens with one attached hydrogen (secondary N) is 7. The van der Waals surface area contributed by atoms with Crippen molar-refractivity contribution in [1.82, 2.24) is 42.1 Å². The van der Waals surface area contributed by atoms with Gasteiger partial charge < -0.3 is 92.5 Å². The summed E-state index contributed by atoms with van der Waals surface area (Å²) in [6.45, 7) is 1.12. The normalized spacial score (nSPS) is 16.9. The second-order valence-electron chi connectivity index (χ2n) is 16.8. The summed E-state index contributed by atoms with van der Waals surface area (Å²) in [6, 6.07) is -8.88. The van der Waals surface area contributed by atoms with Gasteiger partial charge in [-0.25, -0.2) is 4.79 Å². The largest absolute Gasteiger partial charge is 0.477 e. The number of hydrogen-bond donors (Lipinski definition) is 16. The summed E-state index contributed by atoms with van der Waals surface area (Å²) in [6.07, 6.45) is 4.05. The van der Waals surface area contributed by atoms with Crippen molar-refractivity contribution >= 4 is 70.0 Å². The summed E-state index contributed by atoms with van der Waals surface area (Å²) in [5.74, 6) is -8.20. The number of carboxylic acids is 1. The molecule has 404 valence electrons. The number of aliphatic hydroxyl groups excluding tert-OH is 1. The van der Waals surface area contributed by atoms with Crippen molar-refractivity contribution in [2.75, 3.05) is 57.8 Å². The monoisotopic (exact) mass is 1030 g/mol. The standard InChI is InChI=1S/C42H78N16O12S/c1-24(52-39(66)33(31(59)22-46)57-35(62)25(47)10-3-5-16-43)34(61)51-23-32(60)53-28(12-7-18-45)40(67)58-20-9-14-30(58)38(65)55-27(15-21-71(2)70)37(64)54-26(11-4-6-17-44)36(63)56-29(41(68)69)13-8-19-50-42(48)49/h13,24-28,30-31,33,59H,3-12,14-23,43-47H2,1-2H3,(H,51,61)(H,52,66)(H,53,60)(H,54,64)(H,55,65)(H,56,63)(H,57,62)(H,68,69)(H4,48,49,50)/b29-13-/t24-,25-,26-,27-,28+,30-,31-,33-,71?/m0/s1. The van der Waals surface area contributed by atoms with Crippen LogP contribution in [0, 0.1) is 0 Å².